The molecule has 0 aliphatic rings. The van der Waals surface area contributed by atoms with Crippen LogP contribution in [0.15, 0.2) is 18.2 Å². The highest BCUT2D eigenvalue weighted by Crippen LogP contribution is 2.30. The maximum atomic E-state index is 12.4. The Hall–Kier alpha value is -3.34. The minimum Gasteiger partial charge on any atom is -0.461 e. The first-order valence-electron chi connectivity index (χ1n) is 11.8. The van der Waals surface area contributed by atoms with Crippen molar-refractivity contribution in [1.29, 1.82) is 0 Å². The summed E-state index contributed by atoms with van der Waals surface area (Å²) in [5.74, 6) is -1.30. The third kappa shape index (κ3) is 11.4. The van der Waals surface area contributed by atoms with E-state index in [1.54, 1.807) is 33.8 Å². The molecule has 11 nitrogen and oxygen atoms in total. The molecule has 0 aromatic heterocycles. The molecule has 11 heteroatoms. The van der Waals surface area contributed by atoms with Gasteiger partial charge in [0.2, 0.25) is 0 Å². The molecule has 0 fully saturated rings. The van der Waals surface area contributed by atoms with Crippen LogP contribution in [0.4, 0.5) is 9.59 Å². The van der Waals surface area contributed by atoms with Crippen molar-refractivity contribution in [2.45, 2.75) is 73.0 Å². The van der Waals surface area contributed by atoms with Crippen LogP contribution in [-0.4, -0.2) is 56.2 Å². The Morgan fingerprint density at radius 3 is 1.97 bits per heavy atom. The second-order valence-electron chi connectivity index (χ2n) is 9.09. The summed E-state index contributed by atoms with van der Waals surface area (Å²) in [5, 5.41) is 0. The molecule has 0 amide bonds. The Bertz CT molecular complexity index is 893. The highest BCUT2D eigenvalue weighted by atomic mass is 16.7. The van der Waals surface area contributed by atoms with Crippen LogP contribution >= 0.6 is 0 Å². The highest BCUT2D eigenvalue weighted by molar-refractivity contribution is 5.77. The zero-order chi connectivity index (χ0) is 27.3. The first kappa shape index (κ1) is 30.7. The molecule has 0 unspecified atom stereocenters. The van der Waals surface area contributed by atoms with Crippen molar-refractivity contribution in [3.05, 3.63) is 23.8 Å². The van der Waals surface area contributed by atoms with Gasteiger partial charge in [0.15, 0.2) is 11.5 Å². The number of carbonyl (C=O) groups excluding carboxylic acids is 4. The van der Waals surface area contributed by atoms with Crippen LogP contribution in [0.3, 0.4) is 0 Å². The summed E-state index contributed by atoms with van der Waals surface area (Å²) in [7, 11) is 0. The quantitative estimate of drug-likeness (QED) is 0.247. The number of ether oxygens (including phenoxy) is 6. The zero-order valence-corrected chi connectivity index (χ0v) is 21.8. The minimum atomic E-state index is -1.06. The Labute approximate surface area is 211 Å². The fourth-order valence-corrected chi connectivity index (χ4v) is 2.52. The lowest BCUT2D eigenvalue weighted by atomic mass is 9.97. The van der Waals surface area contributed by atoms with E-state index in [-0.39, 0.29) is 37.7 Å². The molecule has 0 radical (unpaired) electrons. The molecular formula is C25H37NO10. The predicted octanol–water partition coefficient (Wildman–Crippen LogP) is 3.93. The van der Waals surface area contributed by atoms with Crippen LogP contribution in [0, 0.1) is 5.41 Å². The summed E-state index contributed by atoms with van der Waals surface area (Å²) in [4.78, 5) is 48.1. The third-order valence-electron chi connectivity index (χ3n) is 4.38. The Morgan fingerprint density at radius 2 is 1.44 bits per heavy atom. The van der Waals surface area contributed by atoms with Gasteiger partial charge in [-0.3, -0.25) is 9.59 Å². The van der Waals surface area contributed by atoms with Gasteiger partial charge in [-0.2, -0.15) is 0 Å². The summed E-state index contributed by atoms with van der Waals surface area (Å²) in [6.45, 7) is 10.6. The normalized spacial score (nSPS) is 12.6. The van der Waals surface area contributed by atoms with Crippen molar-refractivity contribution in [2.75, 3.05) is 19.8 Å². The first-order valence-corrected chi connectivity index (χ1v) is 11.8. The van der Waals surface area contributed by atoms with Crippen LogP contribution in [-0.2, 0) is 35.0 Å². The Kier molecular flexibility index (Phi) is 12.7. The largest absolute Gasteiger partial charge is 0.513 e. The molecular weight excluding hydrogens is 474 g/mol. The molecule has 202 valence electrons. The van der Waals surface area contributed by atoms with E-state index in [2.05, 4.69) is 0 Å². The van der Waals surface area contributed by atoms with E-state index in [1.165, 1.54) is 12.1 Å². The van der Waals surface area contributed by atoms with Crippen LogP contribution in [0.5, 0.6) is 11.5 Å². The van der Waals surface area contributed by atoms with Crippen molar-refractivity contribution < 1.29 is 47.6 Å². The lowest BCUT2D eigenvalue weighted by Gasteiger charge is -2.20. The topological polar surface area (TPSA) is 150 Å². The van der Waals surface area contributed by atoms with Gasteiger partial charge in [0, 0.05) is 0 Å². The number of rotatable bonds is 12. The van der Waals surface area contributed by atoms with Crippen molar-refractivity contribution in [2.24, 2.45) is 11.1 Å². The Morgan fingerprint density at radius 1 is 0.889 bits per heavy atom. The second-order valence-corrected chi connectivity index (χ2v) is 9.09. The molecule has 0 bridgehead atoms. The van der Waals surface area contributed by atoms with Crippen LogP contribution in [0.2, 0.25) is 0 Å². The van der Waals surface area contributed by atoms with Crippen molar-refractivity contribution in [3.8, 4) is 11.5 Å². The van der Waals surface area contributed by atoms with Crippen molar-refractivity contribution in [1.82, 2.24) is 0 Å². The zero-order valence-electron chi connectivity index (χ0n) is 21.8. The average Bonchev–Trinajstić information content (AvgIpc) is 2.80. The minimum absolute atomic E-state index is 0.0221. The molecule has 1 aromatic carbocycles. The number of hydrogen-bond acceptors (Lipinski definition) is 11. The van der Waals surface area contributed by atoms with Gasteiger partial charge >= 0.3 is 24.2 Å². The molecule has 0 saturated heterocycles. The number of hydrogen-bond donors (Lipinski definition) is 1. The van der Waals surface area contributed by atoms with E-state index in [9.17, 15) is 19.2 Å². The molecule has 2 atom stereocenters. The van der Waals surface area contributed by atoms with Gasteiger partial charge in [0.1, 0.15) is 18.8 Å². The van der Waals surface area contributed by atoms with Crippen molar-refractivity contribution in [3.63, 3.8) is 0 Å². The summed E-state index contributed by atoms with van der Waals surface area (Å²) in [5.41, 5.74) is 5.82. The summed E-state index contributed by atoms with van der Waals surface area (Å²) >= 11 is 0. The van der Waals surface area contributed by atoms with Crippen LogP contribution in [0.1, 0.15) is 59.9 Å². The Balaban J connectivity index is 2.85. The van der Waals surface area contributed by atoms with E-state index >= 15 is 0 Å². The fourth-order valence-electron chi connectivity index (χ4n) is 2.52. The molecule has 0 aliphatic heterocycles. The molecule has 1 aromatic rings. The van der Waals surface area contributed by atoms with E-state index in [0.717, 1.165) is 0 Å². The van der Waals surface area contributed by atoms with E-state index < -0.39 is 41.8 Å². The van der Waals surface area contributed by atoms with E-state index in [4.69, 9.17) is 34.2 Å². The van der Waals surface area contributed by atoms with Gasteiger partial charge in [0.25, 0.3) is 0 Å². The number of esters is 2. The van der Waals surface area contributed by atoms with Crippen molar-refractivity contribution >= 4 is 24.2 Å². The molecule has 0 saturated carbocycles. The van der Waals surface area contributed by atoms with Gasteiger partial charge in [0.05, 0.1) is 18.6 Å². The number of nitrogens with two attached hydrogens (primary N) is 1. The van der Waals surface area contributed by atoms with Crippen LogP contribution < -0.4 is 15.2 Å². The smallest absolute Gasteiger partial charge is 0.461 e. The second kappa shape index (κ2) is 14.9. The van der Waals surface area contributed by atoms with E-state index in [1.807, 2.05) is 13.8 Å². The predicted molar refractivity (Wildman–Crippen MR) is 129 cm³/mol. The lowest BCUT2D eigenvalue weighted by molar-refractivity contribution is -0.163. The maximum Gasteiger partial charge on any atom is 0.513 e. The molecule has 1 rings (SSSR count). The molecule has 0 heterocycles. The fraction of sp³-hybridized carbons (Fsp3) is 0.600. The van der Waals surface area contributed by atoms with Gasteiger partial charge in [-0.1, -0.05) is 19.9 Å². The lowest BCUT2D eigenvalue weighted by Crippen LogP contribution is -2.37. The van der Waals surface area contributed by atoms with Gasteiger partial charge < -0.3 is 34.2 Å². The highest BCUT2D eigenvalue weighted by Gasteiger charge is 2.25. The maximum absolute atomic E-state index is 12.4. The number of benzene rings is 1. The monoisotopic (exact) mass is 511 g/mol. The SMILES string of the molecule is CCCOC(=O)Oc1ccc(C[C@H](N)C(=O)O[C@@H](C)COC(=O)C(C)(C)C)cc1OC(=O)OCCC. The third-order valence-corrected chi connectivity index (χ3v) is 4.38. The summed E-state index contributed by atoms with van der Waals surface area (Å²) in [6, 6.07) is 3.27. The standard InChI is InChI=1S/C25H37NO10/c1-7-11-31-23(29)35-19-10-9-17(14-20(19)36-24(30)32-12-8-2)13-18(26)21(27)34-16(3)15-33-22(28)25(4,5)6/h9-10,14,16,18H,7-8,11-13,15,26H2,1-6H3/t16-,18-/m0/s1. The molecule has 0 aliphatic carbocycles. The van der Waals surface area contributed by atoms with Gasteiger partial charge in [-0.15, -0.1) is 0 Å². The van der Waals surface area contributed by atoms with E-state index in [0.29, 0.717) is 18.4 Å². The first-order chi connectivity index (χ1) is 16.9. The average molecular weight is 512 g/mol. The number of carbonyl (C=O) groups is 4. The molecule has 2 N–H and O–H groups in total. The van der Waals surface area contributed by atoms with Crippen LogP contribution in [0.25, 0.3) is 0 Å². The van der Waals surface area contributed by atoms with Gasteiger partial charge in [-0.25, -0.2) is 9.59 Å². The molecule has 0 spiro atoms. The van der Waals surface area contributed by atoms with Gasteiger partial charge in [-0.05, 0) is 64.7 Å². The molecule has 36 heavy (non-hydrogen) atoms. The summed E-state index contributed by atoms with van der Waals surface area (Å²) < 4.78 is 30.5. The summed E-state index contributed by atoms with van der Waals surface area (Å²) in [6.07, 6.45) is -1.43.